The fourth-order valence-electron chi connectivity index (χ4n) is 2.05. The minimum Gasteiger partial charge on any atom is -0.506 e. The van der Waals surface area contributed by atoms with Crippen LogP contribution in [0.25, 0.3) is 11.6 Å². The molecule has 2 aromatic heterocycles. The molecule has 2 N–H and O–H groups in total. The summed E-state index contributed by atoms with van der Waals surface area (Å²) < 4.78 is 10.3. The molecule has 2 heterocycles. The lowest BCUT2D eigenvalue weighted by atomic mass is 10.2. The molecular formula is C16H15N3O4. The maximum absolute atomic E-state index is 12.0. The molecule has 7 nitrogen and oxygen atoms in total. The zero-order valence-electron chi connectivity index (χ0n) is 12.4. The van der Waals surface area contributed by atoms with Gasteiger partial charge in [-0.2, -0.15) is 4.98 Å². The highest BCUT2D eigenvalue weighted by atomic mass is 16.5. The Morgan fingerprint density at radius 1 is 1.35 bits per heavy atom. The number of phenolic OH excluding ortho intramolecular Hbond substituents is 1. The first-order chi connectivity index (χ1) is 11.1. The van der Waals surface area contributed by atoms with E-state index in [9.17, 15) is 9.90 Å². The molecule has 7 heteroatoms. The number of nitrogens with zero attached hydrogens (tertiary/aromatic N) is 2. The monoisotopic (exact) mass is 313 g/mol. The van der Waals surface area contributed by atoms with Crippen LogP contribution in [-0.4, -0.2) is 21.2 Å². The first-order valence-electron chi connectivity index (χ1n) is 7.08. The normalized spacial score (nSPS) is 10.7. The van der Waals surface area contributed by atoms with E-state index in [-0.39, 0.29) is 18.1 Å². The number of furan rings is 1. The molecule has 0 fully saturated rings. The lowest BCUT2D eigenvalue weighted by molar-refractivity contribution is -0.116. The molecule has 0 atom stereocenters. The molecule has 0 spiro atoms. The molecule has 3 rings (SSSR count). The fraction of sp³-hybridized carbons (Fsp3) is 0.188. The third-order valence-corrected chi connectivity index (χ3v) is 3.20. The van der Waals surface area contributed by atoms with Crippen molar-refractivity contribution in [3.8, 4) is 17.3 Å². The summed E-state index contributed by atoms with van der Waals surface area (Å²) in [7, 11) is 0. The van der Waals surface area contributed by atoms with Crippen molar-refractivity contribution >= 4 is 11.6 Å². The molecule has 0 aliphatic carbocycles. The Morgan fingerprint density at radius 3 is 3.00 bits per heavy atom. The zero-order chi connectivity index (χ0) is 16.2. The van der Waals surface area contributed by atoms with Crippen molar-refractivity contribution in [3.05, 3.63) is 48.0 Å². The first kappa shape index (κ1) is 14.8. The molecule has 1 amide bonds. The Morgan fingerprint density at radius 2 is 2.22 bits per heavy atom. The van der Waals surface area contributed by atoms with Crippen LogP contribution in [0.4, 0.5) is 5.69 Å². The summed E-state index contributed by atoms with van der Waals surface area (Å²) in [5.74, 6) is 0.987. The van der Waals surface area contributed by atoms with E-state index in [2.05, 4.69) is 15.5 Å². The molecule has 0 bridgehead atoms. The standard InChI is InChI=1S/C16H15N3O4/c1-10-4-5-12(20)11(9-10)17-14(21)6-7-15-18-16(19-23-15)13-3-2-8-22-13/h2-5,8-9,20H,6-7H2,1H3,(H,17,21). The van der Waals surface area contributed by atoms with Crippen LogP contribution in [0.2, 0.25) is 0 Å². The quantitative estimate of drug-likeness (QED) is 0.702. The number of nitrogens with one attached hydrogen (secondary N) is 1. The number of rotatable bonds is 5. The van der Waals surface area contributed by atoms with Gasteiger partial charge in [0.1, 0.15) is 5.75 Å². The van der Waals surface area contributed by atoms with Crippen LogP contribution in [0.5, 0.6) is 5.75 Å². The molecule has 0 aliphatic heterocycles. The van der Waals surface area contributed by atoms with Gasteiger partial charge in [0.2, 0.25) is 17.6 Å². The molecule has 0 aliphatic rings. The Labute approximate surface area is 131 Å². The van der Waals surface area contributed by atoms with Crippen molar-refractivity contribution in [1.29, 1.82) is 0 Å². The number of phenols is 1. The molecule has 0 saturated carbocycles. The Kier molecular flexibility index (Phi) is 4.09. The highest BCUT2D eigenvalue weighted by Gasteiger charge is 2.13. The molecule has 0 saturated heterocycles. The second-order valence-corrected chi connectivity index (χ2v) is 5.06. The van der Waals surface area contributed by atoms with Crippen molar-refractivity contribution in [3.63, 3.8) is 0 Å². The summed E-state index contributed by atoms with van der Waals surface area (Å²) >= 11 is 0. The van der Waals surface area contributed by atoms with E-state index in [1.807, 2.05) is 6.92 Å². The van der Waals surface area contributed by atoms with E-state index in [0.717, 1.165) is 5.56 Å². The van der Waals surface area contributed by atoms with E-state index >= 15 is 0 Å². The van der Waals surface area contributed by atoms with Crippen LogP contribution in [0.3, 0.4) is 0 Å². The minimum absolute atomic E-state index is 0.0295. The molecule has 118 valence electrons. The smallest absolute Gasteiger partial charge is 0.238 e. The lowest BCUT2D eigenvalue weighted by Crippen LogP contribution is -2.12. The van der Waals surface area contributed by atoms with Crippen LogP contribution in [0, 0.1) is 6.92 Å². The number of amides is 1. The maximum Gasteiger partial charge on any atom is 0.238 e. The number of aromatic nitrogens is 2. The Hall–Kier alpha value is -3.09. The largest absolute Gasteiger partial charge is 0.506 e. The van der Waals surface area contributed by atoms with Gasteiger partial charge in [0, 0.05) is 12.8 Å². The van der Waals surface area contributed by atoms with Crippen LogP contribution >= 0.6 is 0 Å². The number of hydrogen-bond acceptors (Lipinski definition) is 6. The van der Waals surface area contributed by atoms with Gasteiger partial charge in [-0.25, -0.2) is 0 Å². The lowest BCUT2D eigenvalue weighted by Gasteiger charge is -2.07. The van der Waals surface area contributed by atoms with E-state index in [4.69, 9.17) is 8.94 Å². The summed E-state index contributed by atoms with van der Waals surface area (Å²) in [6.07, 6.45) is 1.98. The molecular weight excluding hydrogens is 298 g/mol. The third kappa shape index (κ3) is 3.57. The second-order valence-electron chi connectivity index (χ2n) is 5.06. The predicted molar refractivity (Wildman–Crippen MR) is 81.8 cm³/mol. The van der Waals surface area contributed by atoms with Gasteiger partial charge in [-0.1, -0.05) is 11.2 Å². The number of carbonyl (C=O) groups is 1. The summed E-state index contributed by atoms with van der Waals surface area (Å²) in [5, 5.41) is 16.2. The average Bonchev–Trinajstić information content (AvgIpc) is 3.19. The number of anilines is 1. The van der Waals surface area contributed by atoms with Crippen molar-refractivity contribution in [1.82, 2.24) is 10.1 Å². The van der Waals surface area contributed by atoms with Crippen LogP contribution in [-0.2, 0) is 11.2 Å². The third-order valence-electron chi connectivity index (χ3n) is 3.20. The van der Waals surface area contributed by atoms with Gasteiger partial charge in [0.25, 0.3) is 0 Å². The SMILES string of the molecule is Cc1ccc(O)c(NC(=O)CCc2nc(-c3ccco3)no2)c1. The maximum atomic E-state index is 12.0. The number of hydrogen-bond donors (Lipinski definition) is 2. The van der Waals surface area contributed by atoms with Crippen LogP contribution < -0.4 is 5.32 Å². The Balaban J connectivity index is 1.58. The van der Waals surface area contributed by atoms with Crippen LogP contribution in [0.1, 0.15) is 17.9 Å². The number of carbonyl (C=O) groups excluding carboxylic acids is 1. The van der Waals surface area contributed by atoms with Gasteiger partial charge < -0.3 is 19.4 Å². The second kappa shape index (κ2) is 6.35. The van der Waals surface area contributed by atoms with E-state index < -0.39 is 0 Å². The van der Waals surface area contributed by atoms with Crippen LogP contribution in [0.15, 0.2) is 45.5 Å². The molecule has 23 heavy (non-hydrogen) atoms. The topological polar surface area (TPSA) is 101 Å². The van der Waals surface area contributed by atoms with Crippen molar-refractivity contribution in [2.24, 2.45) is 0 Å². The van der Waals surface area contributed by atoms with Crippen molar-refractivity contribution in [2.45, 2.75) is 19.8 Å². The van der Waals surface area contributed by atoms with Gasteiger partial charge in [-0.05, 0) is 36.8 Å². The number of benzene rings is 1. The Bertz CT molecular complexity index is 809. The van der Waals surface area contributed by atoms with E-state index in [1.54, 1.807) is 30.3 Å². The van der Waals surface area contributed by atoms with Crippen molar-refractivity contribution in [2.75, 3.05) is 5.32 Å². The summed E-state index contributed by atoms with van der Waals surface area (Å²) in [6.45, 7) is 1.88. The van der Waals surface area contributed by atoms with Gasteiger partial charge >= 0.3 is 0 Å². The molecule has 3 aromatic rings. The highest BCUT2D eigenvalue weighted by molar-refractivity contribution is 5.92. The highest BCUT2D eigenvalue weighted by Crippen LogP contribution is 2.24. The van der Waals surface area contributed by atoms with Gasteiger partial charge in [-0.3, -0.25) is 4.79 Å². The van der Waals surface area contributed by atoms with Gasteiger partial charge in [0.05, 0.1) is 12.0 Å². The molecule has 1 aromatic carbocycles. The molecule has 0 unspecified atom stereocenters. The minimum atomic E-state index is -0.247. The van der Waals surface area contributed by atoms with Crippen molar-refractivity contribution < 1.29 is 18.8 Å². The van der Waals surface area contributed by atoms with Gasteiger partial charge in [-0.15, -0.1) is 0 Å². The van der Waals surface area contributed by atoms with E-state index in [1.165, 1.54) is 6.26 Å². The fourth-order valence-corrected chi connectivity index (χ4v) is 2.05. The number of aromatic hydroxyl groups is 1. The molecule has 0 radical (unpaired) electrons. The first-order valence-corrected chi connectivity index (χ1v) is 7.08. The van der Waals surface area contributed by atoms with Gasteiger partial charge in [0.15, 0.2) is 5.76 Å². The van der Waals surface area contributed by atoms with E-state index in [0.29, 0.717) is 29.6 Å². The average molecular weight is 313 g/mol. The zero-order valence-corrected chi connectivity index (χ0v) is 12.4. The summed E-state index contributed by atoms with van der Waals surface area (Å²) in [4.78, 5) is 16.1. The summed E-state index contributed by atoms with van der Waals surface area (Å²) in [6, 6.07) is 8.46. The predicted octanol–water partition coefficient (Wildman–Crippen LogP) is 2.91. The number of aryl methyl sites for hydroxylation is 2. The summed E-state index contributed by atoms with van der Waals surface area (Å²) in [5.41, 5.74) is 1.33.